The molecule has 0 unspecified atom stereocenters. The fourth-order valence-electron chi connectivity index (χ4n) is 4.08. The van der Waals surface area contributed by atoms with Gasteiger partial charge >= 0.3 is 5.69 Å². The minimum absolute atomic E-state index is 0.200. The zero-order chi connectivity index (χ0) is 21.3. The van der Waals surface area contributed by atoms with Crippen LogP contribution in [0.1, 0.15) is 29.3 Å². The second kappa shape index (κ2) is 8.58. The van der Waals surface area contributed by atoms with Gasteiger partial charge in [0.25, 0.3) is 5.56 Å². The van der Waals surface area contributed by atoms with E-state index in [4.69, 9.17) is 11.6 Å². The minimum Gasteiger partial charge on any atom is -0.297 e. The van der Waals surface area contributed by atoms with Gasteiger partial charge in [0.2, 0.25) is 0 Å². The fraction of sp³-hybridized carbons (Fsp3) is 0.304. The Morgan fingerprint density at radius 2 is 1.77 bits per heavy atom. The lowest BCUT2D eigenvalue weighted by atomic mass is 10.0. The molecule has 0 saturated heterocycles. The number of halogens is 2. The number of aromatic nitrogens is 2. The first-order valence-electron chi connectivity index (χ1n) is 10.0. The van der Waals surface area contributed by atoms with E-state index in [0.29, 0.717) is 43.2 Å². The summed E-state index contributed by atoms with van der Waals surface area (Å²) in [6.07, 6.45) is 0.616. The standard InChI is InChI=1S/C23H23ClFN3O2/c1-2-27-21-10-11-26(13-17-4-3-5-19(25)12-17)15-20(21)22(29)28(23(27)30)14-16-6-8-18(24)9-7-16/h3-9,12H,2,10-11,13-15H2,1H3. The van der Waals surface area contributed by atoms with Crippen LogP contribution in [0.15, 0.2) is 58.1 Å². The first-order valence-corrected chi connectivity index (χ1v) is 10.4. The molecular formula is C23H23ClFN3O2. The maximum Gasteiger partial charge on any atom is 0.331 e. The minimum atomic E-state index is -0.283. The summed E-state index contributed by atoms with van der Waals surface area (Å²) in [5, 5.41) is 0.607. The van der Waals surface area contributed by atoms with Crippen LogP contribution in [0.5, 0.6) is 0 Å². The second-order valence-electron chi connectivity index (χ2n) is 7.56. The Balaban J connectivity index is 1.69. The molecule has 0 fully saturated rings. The second-order valence-corrected chi connectivity index (χ2v) is 8.00. The van der Waals surface area contributed by atoms with Crippen LogP contribution in [0, 0.1) is 5.82 Å². The van der Waals surface area contributed by atoms with Crippen molar-refractivity contribution in [3.63, 3.8) is 0 Å². The van der Waals surface area contributed by atoms with E-state index < -0.39 is 0 Å². The van der Waals surface area contributed by atoms with Crippen LogP contribution in [-0.4, -0.2) is 20.6 Å². The van der Waals surface area contributed by atoms with E-state index >= 15 is 0 Å². The normalized spacial score (nSPS) is 14.0. The zero-order valence-electron chi connectivity index (χ0n) is 16.8. The van der Waals surface area contributed by atoms with Crippen LogP contribution in [0.25, 0.3) is 0 Å². The van der Waals surface area contributed by atoms with Gasteiger partial charge in [0.1, 0.15) is 5.82 Å². The molecule has 0 amide bonds. The van der Waals surface area contributed by atoms with Gasteiger partial charge in [0.05, 0.1) is 12.1 Å². The topological polar surface area (TPSA) is 47.2 Å². The van der Waals surface area contributed by atoms with Crippen molar-refractivity contribution in [2.75, 3.05) is 6.54 Å². The zero-order valence-corrected chi connectivity index (χ0v) is 17.5. The first kappa shape index (κ1) is 20.6. The van der Waals surface area contributed by atoms with Gasteiger partial charge in [-0.05, 0) is 42.3 Å². The van der Waals surface area contributed by atoms with Gasteiger partial charge in [-0.2, -0.15) is 0 Å². The van der Waals surface area contributed by atoms with Gasteiger partial charge in [-0.15, -0.1) is 0 Å². The maximum atomic E-state index is 13.5. The predicted molar refractivity (Wildman–Crippen MR) is 115 cm³/mol. The van der Waals surface area contributed by atoms with Crippen LogP contribution < -0.4 is 11.2 Å². The molecule has 0 N–H and O–H groups in total. The number of hydrogen-bond donors (Lipinski definition) is 0. The third-order valence-corrected chi connectivity index (χ3v) is 5.80. The lowest BCUT2D eigenvalue weighted by molar-refractivity contribution is 0.236. The summed E-state index contributed by atoms with van der Waals surface area (Å²) in [5.41, 5.74) is 2.63. The van der Waals surface area contributed by atoms with E-state index in [0.717, 1.165) is 16.8 Å². The molecule has 30 heavy (non-hydrogen) atoms. The number of hydrogen-bond acceptors (Lipinski definition) is 3. The third-order valence-electron chi connectivity index (χ3n) is 5.55. The number of nitrogens with zero attached hydrogens (tertiary/aromatic N) is 3. The van der Waals surface area contributed by atoms with Crippen molar-refractivity contribution in [1.29, 1.82) is 0 Å². The monoisotopic (exact) mass is 427 g/mol. The highest BCUT2D eigenvalue weighted by atomic mass is 35.5. The molecule has 4 rings (SSSR count). The molecule has 0 saturated carbocycles. The van der Waals surface area contributed by atoms with Crippen molar-refractivity contribution in [2.45, 2.75) is 39.5 Å². The van der Waals surface area contributed by atoms with Gasteiger partial charge in [0.15, 0.2) is 0 Å². The molecule has 0 bridgehead atoms. The highest BCUT2D eigenvalue weighted by Gasteiger charge is 2.25. The highest BCUT2D eigenvalue weighted by Crippen LogP contribution is 2.18. The molecule has 1 aromatic heterocycles. The Bertz CT molecular complexity index is 1180. The van der Waals surface area contributed by atoms with Gasteiger partial charge < -0.3 is 0 Å². The van der Waals surface area contributed by atoms with Gasteiger partial charge in [-0.25, -0.2) is 9.18 Å². The molecule has 2 heterocycles. The predicted octanol–water partition coefficient (Wildman–Crippen LogP) is 3.43. The van der Waals surface area contributed by atoms with E-state index in [1.807, 2.05) is 25.1 Å². The van der Waals surface area contributed by atoms with E-state index in [2.05, 4.69) is 4.90 Å². The number of rotatable bonds is 5. The van der Waals surface area contributed by atoms with Crippen molar-refractivity contribution in [1.82, 2.24) is 14.0 Å². The Labute approximate surface area is 179 Å². The summed E-state index contributed by atoms with van der Waals surface area (Å²) in [5.74, 6) is -0.268. The molecular weight excluding hydrogens is 405 g/mol. The van der Waals surface area contributed by atoms with Gasteiger partial charge in [0, 0.05) is 43.3 Å². The summed E-state index contributed by atoms with van der Waals surface area (Å²) in [4.78, 5) is 28.4. The highest BCUT2D eigenvalue weighted by molar-refractivity contribution is 6.30. The summed E-state index contributed by atoms with van der Waals surface area (Å²) < 4.78 is 16.5. The van der Waals surface area contributed by atoms with E-state index in [1.165, 1.54) is 16.7 Å². The SMILES string of the molecule is CCn1c2c(c(=O)n(Cc3ccc(Cl)cc3)c1=O)CN(Cc1cccc(F)c1)CC2. The first-order chi connectivity index (χ1) is 14.5. The summed E-state index contributed by atoms with van der Waals surface area (Å²) in [6.45, 7) is 4.32. The largest absolute Gasteiger partial charge is 0.331 e. The molecule has 0 aliphatic carbocycles. The van der Waals surface area contributed by atoms with Crippen molar-refractivity contribution < 1.29 is 4.39 Å². The Morgan fingerprint density at radius 3 is 2.47 bits per heavy atom. The average molecular weight is 428 g/mol. The van der Waals surface area contributed by atoms with E-state index in [-0.39, 0.29) is 23.6 Å². The van der Waals surface area contributed by atoms with Crippen LogP contribution in [-0.2, 0) is 32.6 Å². The lowest BCUT2D eigenvalue weighted by Gasteiger charge is -2.30. The van der Waals surface area contributed by atoms with Crippen LogP contribution in [0.4, 0.5) is 4.39 Å². The van der Waals surface area contributed by atoms with E-state index in [9.17, 15) is 14.0 Å². The fourth-order valence-corrected chi connectivity index (χ4v) is 4.20. The number of fused-ring (bicyclic) bond motifs is 1. The van der Waals surface area contributed by atoms with Crippen LogP contribution >= 0.6 is 11.6 Å². The van der Waals surface area contributed by atoms with E-state index in [1.54, 1.807) is 22.8 Å². The Hall–Kier alpha value is -2.70. The molecule has 0 radical (unpaired) electrons. The molecule has 0 atom stereocenters. The lowest BCUT2D eigenvalue weighted by Crippen LogP contribution is -2.47. The average Bonchev–Trinajstić information content (AvgIpc) is 2.73. The van der Waals surface area contributed by atoms with Crippen molar-refractivity contribution >= 4 is 11.6 Å². The third kappa shape index (κ3) is 4.11. The van der Waals surface area contributed by atoms with Crippen molar-refractivity contribution in [3.8, 4) is 0 Å². The van der Waals surface area contributed by atoms with Crippen LogP contribution in [0.2, 0.25) is 5.02 Å². The molecule has 156 valence electrons. The molecule has 7 heteroatoms. The Kier molecular flexibility index (Phi) is 5.88. The van der Waals surface area contributed by atoms with Gasteiger partial charge in [-0.3, -0.25) is 18.8 Å². The molecule has 2 aromatic carbocycles. The summed E-state index contributed by atoms with van der Waals surface area (Å²) in [6, 6.07) is 13.6. The quantitative estimate of drug-likeness (QED) is 0.626. The smallest absolute Gasteiger partial charge is 0.297 e. The number of benzene rings is 2. The molecule has 1 aliphatic heterocycles. The van der Waals surface area contributed by atoms with Crippen molar-refractivity contribution in [2.24, 2.45) is 0 Å². The molecule has 1 aliphatic rings. The van der Waals surface area contributed by atoms with Crippen molar-refractivity contribution in [3.05, 3.63) is 103 Å². The van der Waals surface area contributed by atoms with Crippen LogP contribution in [0.3, 0.4) is 0 Å². The summed E-state index contributed by atoms with van der Waals surface area (Å²) in [7, 11) is 0. The Morgan fingerprint density at radius 1 is 1.00 bits per heavy atom. The molecule has 5 nitrogen and oxygen atoms in total. The maximum absolute atomic E-state index is 13.5. The molecule has 0 spiro atoms. The molecule has 3 aromatic rings. The summed E-state index contributed by atoms with van der Waals surface area (Å²) >= 11 is 5.95. The van der Waals surface area contributed by atoms with Gasteiger partial charge in [-0.1, -0.05) is 35.9 Å².